The van der Waals surface area contributed by atoms with Crippen molar-refractivity contribution in [2.45, 2.75) is 82.9 Å². The van der Waals surface area contributed by atoms with Gasteiger partial charge in [-0.05, 0) is 81.1 Å². The molecule has 0 bridgehead atoms. The molecule has 1 aromatic rings. The molecule has 0 radical (unpaired) electrons. The summed E-state index contributed by atoms with van der Waals surface area (Å²) >= 11 is 0. The van der Waals surface area contributed by atoms with Gasteiger partial charge in [0.1, 0.15) is 0 Å². The lowest BCUT2D eigenvalue weighted by molar-refractivity contribution is -0.145. The van der Waals surface area contributed by atoms with Crippen LogP contribution in [-0.2, 0) is 10.9 Å². The summed E-state index contributed by atoms with van der Waals surface area (Å²) in [6.07, 6.45) is 9.08. The van der Waals surface area contributed by atoms with Crippen molar-refractivity contribution in [1.29, 1.82) is 0 Å². The average Bonchev–Trinajstić information content (AvgIpc) is 2.66. The smallest absolute Gasteiger partial charge is 0.378 e. The second-order valence-corrected chi connectivity index (χ2v) is 7.86. The molecular formula is C20H29F3N2O. The van der Waals surface area contributed by atoms with E-state index in [-0.39, 0.29) is 0 Å². The molecule has 0 N–H and O–H groups in total. The van der Waals surface area contributed by atoms with Crippen LogP contribution in [0.5, 0.6) is 0 Å². The molecule has 0 amide bonds. The Balaban J connectivity index is 1.46. The van der Waals surface area contributed by atoms with E-state index in [1.165, 1.54) is 38.1 Å². The molecule has 1 heterocycles. The van der Waals surface area contributed by atoms with Crippen molar-refractivity contribution in [2.75, 3.05) is 6.61 Å². The maximum Gasteiger partial charge on any atom is 0.451 e. The minimum atomic E-state index is -4.46. The van der Waals surface area contributed by atoms with Crippen molar-refractivity contribution in [3.05, 3.63) is 23.8 Å². The third-order valence-electron chi connectivity index (χ3n) is 6.11. The Hall–Kier alpha value is -1.17. The Bertz CT molecular complexity index is 545. The number of alkyl halides is 3. The van der Waals surface area contributed by atoms with Gasteiger partial charge in [-0.15, -0.1) is 0 Å². The van der Waals surface area contributed by atoms with Crippen LogP contribution in [0.15, 0.2) is 12.4 Å². The number of aromatic nitrogens is 2. The fourth-order valence-corrected chi connectivity index (χ4v) is 4.63. The summed E-state index contributed by atoms with van der Waals surface area (Å²) in [7, 11) is 0. The van der Waals surface area contributed by atoms with Gasteiger partial charge < -0.3 is 4.74 Å². The first-order valence-corrected chi connectivity index (χ1v) is 9.98. The summed E-state index contributed by atoms with van der Waals surface area (Å²) in [6, 6.07) is 0. The molecule has 0 unspecified atom stereocenters. The maximum atomic E-state index is 12.6. The topological polar surface area (TPSA) is 35.0 Å². The second-order valence-electron chi connectivity index (χ2n) is 7.86. The zero-order valence-corrected chi connectivity index (χ0v) is 15.5. The molecule has 3 rings (SSSR count). The van der Waals surface area contributed by atoms with Crippen LogP contribution in [0.25, 0.3) is 0 Å². The van der Waals surface area contributed by atoms with E-state index in [2.05, 4.69) is 16.9 Å². The predicted molar refractivity (Wildman–Crippen MR) is 93.7 cm³/mol. The molecule has 0 saturated heterocycles. The highest BCUT2D eigenvalue weighted by Gasteiger charge is 2.35. The molecular weight excluding hydrogens is 341 g/mol. The van der Waals surface area contributed by atoms with E-state index in [1.807, 2.05) is 0 Å². The molecule has 1 aromatic heterocycles. The number of nitrogens with zero attached hydrogens (tertiary/aromatic N) is 2. The van der Waals surface area contributed by atoms with Crippen LogP contribution in [0.1, 0.15) is 82.0 Å². The van der Waals surface area contributed by atoms with Gasteiger partial charge in [0.25, 0.3) is 0 Å². The molecule has 0 aliphatic heterocycles. The van der Waals surface area contributed by atoms with Crippen LogP contribution in [0.2, 0.25) is 0 Å². The molecule has 6 heteroatoms. The molecule has 2 fully saturated rings. The lowest BCUT2D eigenvalue weighted by Gasteiger charge is -2.37. The van der Waals surface area contributed by atoms with Crippen LogP contribution in [0.3, 0.4) is 0 Å². The van der Waals surface area contributed by atoms with Crippen molar-refractivity contribution in [3.8, 4) is 0 Å². The Labute approximate surface area is 153 Å². The van der Waals surface area contributed by atoms with Gasteiger partial charge >= 0.3 is 6.18 Å². The highest BCUT2D eigenvalue weighted by atomic mass is 19.4. The largest absolute Gasteiger partial charge is 0.451 e. The number of hydrogen-bond acceptors (Lipinski definition) is 3. The molecule has 0 aromatic carbocycles. The summed E-state index contributed by atoms with van der Waals surface area (Å²) in [4.78, 5) is 7.03. The van der Waals surface area contributed by atoms with Gasteiger partial charge in [0.2, 0.25) is 5.82 Å². The van der Waals surface area contributed by atoms with Gasteiger partial charge in [0.15, 0.2) is 0 Å². The first-order valence-electron chi connectivity index (χ1n) is 9.98. The minimum Gasteiger partial charge on any atom is -0.378 e. The zero-order chi connectivity index (χ0) is 18.6. The van der Waals surface area contributed by atoms with E-state index in [9.17, 15) is 13.2 Å². The normalized spacial score (nSPS) is 30.3. The summed E-state index contributed by atoms with van der Waals surface area (Å²) in [6.45, 7) is 3.02. The molecule has 26 heavy (non-hydrogen) atoms. The lowest BCUT2D eigenvalue weighted by Crippen LogP contribution is -2.28. The molecule has 0 atom stereocenters. The first kappa shape index (κ1) is 19.6. The van der Waals surface area contributed by atoms with Gasteiger partial charge in [0, 0.05) is 19.0 Å². The van der Waals surface area contributed by atoms with Gasteiger partial charge in [-0.2, -0.15) is 13.2 Å². The molecule has 2 aliphatic rings. The molecule has 0 spiro atoms. The fourth-order valence-electron chi connectivity index (χ4n) is 4.63. The third-order valence-corrected chi connectivity index (χ3v) is 6.11. The van der Waals surface area contributed by atoms with Crippen LogP contribution < -0.4 is 0 Å². The van der Waals surface area contributed by atoms with Crippen LogP contribution >= 0.6 is 0 Å². The van der Waals surface area contributed by atoms with Crippen molar-refractivity contribution in [2.24, 2.45) is 11.8 Å². The van der Waals surface area contributed by atoms with E-state index in [0.717, 1.165) is 56.1 Å². The zero-order valence-electron chi connectivity index (χ0n) is 15.5. The Kier molecular flexibility index (Phi) is 6.54. The fraction of sp³-hybridized carbons (Fsp3) is 0.800. The third kappa shape index (κ3) is 4.96. The highest BCUT2D eigenvalue weighted by Crippen LogP contribution is 2.43. The van der Waals surface area contributed by atoms with Crippen molar-refractivity contribution in [3.63, 3.8) is 0 Å². The SMILES string of the molecule is CCCO[C@H]1CC[C@H](C2CCC(c3cnc(C(F)(F)F)nc3)CC2)CC1. The monoisotopic (exact) mass is 370 g/mol. The maximum absolute atomic E-state index is 12.6. The molecule has 2 saturated carbocycles. The Morgan fingerprint density at radius 3 is 1.96 bits per heavy atom. The number of ether oxygens (including phenoxy) is 1. The number of halogens is 3. The van der Waals surface area contributed by atoms with Crippen molar-refractivity contribution >= 4 is 0 Å². The molecule has 2 aliphatic carbocycles. The van der Waals surface area contributed by atoms with Crippen LogP contribution in [-0.4, -0.2) is 22.7 Å². The lowest BCUT2D eigenvalue weighted by atomic mass is 9.70. The standard InChI is InChI=1S/C20H29F3N2O/c1-2-11-26-18-9-7-15(8-10-18)14-3-5-16(6-4-14)17-12-24-19(25-13-17)20(21,22)23/h12-16,18H,2-11H2,1H3/t14?,15-,16?,18-. The molecule has 146 valence electrons. The number of rotatable bonds is 5. The van der Waals surface area contributed by atoms with E-state index in [0.29, 0.717) is 12.0 Å². The summed E-state index contributed by atoms with van der Waals surface area (Å²) in [5, 5.41) is 0. The molecule has 3 nitrogen and oxygen atoms in total. The Morgan fingerprint density at radius 1 is 0.923 bits per heavy atom. The van der Waals surface area contributed by atoms with Gasteiger partial charge in [-0.1, -0.05) is 6.92 Å². The quantitative estimate of drug-likeness (QED) is 0.661. The summed E-state index contributed by atoms with van der Waals surface area (Å²) < 4.78 is 43.6. The highest BCUT2D eigenvalue weighted by molar-refractivity contribution is 5.13. The van der Waals surface area contributed by atoms with E-state index < -0.39 is 12.0 Å². The average molecular weight is 370 g/mol. The first-order chi connectivity index (χ1) is 12.5. The van der Waals surface area contributed by atoms with Crippen molar-refractivity contribution in [1.82, 2.24) is 9.97 Å². The predicted octanol–water partition coefficient (Wildman–Crippen LogP) is 5.75. The number of hydrogen-bond donors (Lipinski definition) is 0. The Morgan fingerprint density at radius 2 is 1.46 bits per heavy atom. The van der Waals surface area contributed by atoms with Crippen LogP contribution in [0, 0.1) is 11.8 Å². The minimum absolute atomic E-state index is 0.303. The van der Waals surface area contributed by atoms with Gasteiger partial charge in [-0.25, -0.2) is 9.97 Å². The van der Waals surface area contributed by atoms with Gasteiger partial charge in [0.05, 0.1) is 6.10 Å². The van der Waals surface area contributed by atoms with E-state index >= 15 is 0 Å². The van der Waals surface area contributed by atoms with Crippen molar-refractivity contribution < 1.29 is 17.9 Å². The summed E-state index contributed by atoms with van der Waals surface area (Å²) in [5.41, 5.74) is 0.855. The van der Waals surface area contributed by atoms with E-state index in [1.54, 1.807) is 0 Å². The van der Waals surface area contributed by atoms with Gasteiger partial charge in [-0.3, -0.25) is 0 Å². The summed E-state index contributed by atoms with van der Waals surface area (Å²) in [5.74, 6) is 0.810. The van der Waals surface area contributed by atoms with Crippen LogP contribution in [0.4, 0.5) is 13.2 Å². The van der Waals surface area contributed by atoms with E-state index in [4.69, 9.17) is 4.74 Å². The second kappa shape index (κ2) is 8.68.